The predicted molar refractivity (Wildman–Crippen MR) is 93.2 cm³/mol. The molecular formula is C17H13Cl2NO5. The van der Waals surface area contributed by atoms with E-state index in [0.29, 0.717) is 33.5 Å². The van der Waals surface area contributed by atoms with Gasteiger partial charge in [0, 0.05) is 11.6 Å². The molecule has 25 heavy (non-hydrogen) atoms. The van der Waals surface area contributed by atoms with Crippen molar-refractivity contribution in [1.29, 1.82) is 0 Å². The molecule has 1 N–H and O–H groups in total. The third-order valence-electron chi connectivity index (χ3n) is 3.44. The minimum absolute atomic E-state index is 0.0699. The summed E-state index contributed by atoms with van der Waals surface area (Å²) in [6.07, 6.45) is 0. The fraction of sp³-hybridized carbons (Fsp3) is 0.176. The molecule has 6 nitrogen and oxygen atoms in total. The van der Waals surface area contributed by atoms with Crippen molar-refractivity contribution in [2.45, 2.75) is 6.92 Å². The zero-order chi connectivity index (χ0) is 18.0. The molecule has 2 aromatic rings. The smallest absolute Gasteiger partial charge is 0.262 e. The summed E-state index contributed by atoms with van der Waals surface area (Å²) in [5.74, 6) is 0.538. The fourth-order valence-corrected chi connectivity index (χ4v) is 2.61. The van der Waals surface area contributed by atoms with Crippen LogP contribution in [0.5, 0.6) is 17.2 Å². The summed E-state index contributed by atoms with van der Waals surface area (Å²) in [5.41, 5.74) is 0.640. The van der Waals surface area contributed by atoms with Crippen LogP contribution in [-0.2, 0) is 4.79 Å². The van der Waals surface area contributed by atoms with Crippen LogP contribution >= 0.6 is 23.2 Å². The van der Waals surface area contributed by atoms with Gasteiger partial charge in [-0.25, -0.2) is 0 Å². The van der Waals surface area contributed by atoms with Gasteiger partial charge in [0.2, 0.25) is 6.79 Å². The van der Waals surface area contributed by atoms with Crippen LogP contribution < -0.4 is 19.5 Å². The van der Waals surface area contributed by atoms with Gasteiger partial charge in [-0.3, -0.25) is 9.59 Å². The first kappa shape index (κ1) is 17.4. The van der Waals surface area contributed by atoms with Gasteiger partial charge in [0.05, 0.1) is 10.7 Å². The third kappa shape index (κ3) is 3.81. The highest BCUT2D eigenvalue weighted by atomic mass is 35.5. The van der Waals surface area contributed by atoms with Gasteiger partial charge in [-0.2, -0.15) is 0 Å². The summed E-state index contributed by atoms with van der Waals surface area (Å²) in [6.45, 7) is 1.17. The Hall–Kier alpha value is -2.44. The standard InChI is InChI=1S/C17H13Cl2NO5/c1-9(21)10-5-14-15(25-8-24-14)6-12(10)20-16(22)7-23-13-4-2-3-11(18)17(13)19/h2-6H,7-8H2,1H3,(H,20,22). The van der Waals surface area contributed by atoms with Crippen molar-refractivity contribution in [3.05, 3.63) is 45.9 Å². The molecule has 0 saturated heterocycles. The zero-order valence-electron chi connectivity index (χ0n) is 13.1. The van der Waals surface area contributed by atoms with Crippen molar-refractivity contribution in [3.8, 4) is 17.2 Å². The Morgan fingerprint density at radius 3 is 2.64 bits per heavy atom. The minimum atomic E-state index is -0.461. The normalized spacial score (nSPS) is 12.0. The van der Waals surface area contributed by atoms with Crippen molar-refractivity contribution >= 4 is 40.6 Å². The quantitative estimate of drug-likeness (QED) is 0.793. The highest BCUT2D eigenvalue weighted by Crippen LogP contribution is 2.37. The maximum absolute atomic E-state index is 12.2. The first-order chi connectivity index (χ1) is 12.0. The van der Waals surface area contributed by atoms with E-state index >= 15 is 0 Å². The number of fused-ring (bicyclic) bond motifs is 1. The minimum Gasteiger partial charge on any atom is -0.482 e. The van der Waals surface area contributed by atoms with Crippen LogP contribution in [0.15, 0.2) is 30.3 Å². The second kappa shape index (κ2) is 7.21. The van der Waals surface area contributed by atoms with Crippen molar-refractivity contribution in [2.24, 2.45) is 0 Å². The Labute approximate surface area is 153 Å². The zero-order valence-corrected chi connectivity index (χ0v) is 14.6. The number of carbonyl (C=O) groups excluding carboxylic acids is 2. The van der Waals surface area contributed by atoms with Gasteiger partial charge in [0.1, 0.15) is 10.8 Å². The van der Waals surface area contributed by atoms with Gasteiger partial charge in [-0.05, 0) is 25.1 Å². The molecule has 1 aliphatic heterocycles. The first-order valence-corrected chi connectivity index (χ1v) is 8.02. The molecule has 0 atom stereocenters. The lowest BCUT2D eigenvalue weighted by atomic mass is 10.1. The summed E-state index contributed by atoms with van der Waals surface area (Å²) in [6, 6.07) is 7.96. The van der Waals surface area contributed by atoms with Gasteiger partial charge >= 0.3 is 0 Å². The summed E-state index contributed by atoms with van der Waals surface area (Å²) in [5, 5.41) is 3.18. The van der Waals surface area contributed by atoms with Crippen LogP contribution in [0.1, 0.15) is 17.3 Å². The first-order valence-electron chi connectivity index (χ1n) is 7.27. The summed E-state index contributed by atoms with van der Waals surface area (Å²) in [4.78, 5) is 24.0. The second-order valence-corrected chi connectivity index (χ2v) is 5.98. The topological polar surface area (TPSA) is 73.9 Å². The Kier molecular flexibility index (Phi) is 5.01. The van der Waals surface area contributed by atoms with Gasteiger partial charge in [0.25, 0.3) is 5.91 Å². The molecule has 0 unspecified atom stereocenters. The van der Waals surface area contributed by atoms with E-state index in [-0.39, 0.29) is 24.2 Å². The molecule has 130 valence electrons. The molecule has 2 aromatic carbocycles. The number of amides is 1. The molecule has 0 spiro atoms. The number of benzene rings is 2. The monoisotopic (exact) mass is 381 g/mol. The highest BCUT2D eigenvalue weighted by Gasteiger charge is 2.20. The van der Waals surface area contributed by atoms with Gasteiger partial charge in [0.15, 0.2) is 23.9 Å². The van der Waals surface area contributed by atoms with E-state index in [4.69, 9.17) is 37.4 Å². The summed E-state index contributed by atoms with van der Waals surface area (Å²) in [7, 11) is 0. The van der Waals surface area contributed by atoms with Crippen LogP contribution in [0.3, 0.4) is 0 Å². The molecule has 0 radical (unpaired) electrons. The van der Waals surface area contributed by atoms with Gasteiger partial charge < -0.3 is 19.5 Å². The van der Waals surface area contributed by atoms with Gasteiger partial charge in [-0.1, -0.05) is 29.3 Å². The van der Waals surface area contributed by atoms with Crippen LogP contribution in [-0.4, -0.2) is 25.1 Å². The molecule has 1 amide bonds. The second-order valence-electron chi connectivity index (χ2n) is 5.20. The average molecular weight is 382 g/mol. The number of ether oxygens (including phenoxy) is 3. The predicted octanol–water partition coefficient (Wildman–Crippen LogP) is 3.94. The van der Waals surface area contributed by atoms with Crippen molar-refractivity contribution in [3.63, 3.8) is 0 Å². The number of halogens is 2. The third-order valence-corrected chi connectivity index (χ3v) is 4.24. The fourth-order valence-electron chi connectivity index (χ4n) is 2.26. The van der Waals surface area contributed by atoms with Crippen molar-refractivity contribution < 1.29 is 23.8 Å². The average Bonchev–Trinajstić information content (AvgIpc) is 3.02. The van der Waals surface area contributed by atoms with E-state index in [2.05, 4.69) is 5.32 Å². The molecule has 0 fully saturated rings. The Bertz CT molecular complexity index is 853. The van der Waals surface area contributed by atoms with Crippen LogP contribution in [0.25, 0.3) is 0 Å². The molecule has 8 heteroatoms. The molecular weight excluding hydrogens is 369 g/mol. The van der Waals surface area contributed by atoms with Crippen LogP contribution in [0.4, 0.5) is 5.69 Å². The molecule has 0 aromatic heterocycles. The summed E-state index contributed by atoms with van der Waals surface area (Å²) >= 11 is 11.9. The summed E-state index contributed by atoms with van der Waals surface area (Å²) < 4.78 is 15.9. The Balaban J connectivity index is 1.73. The number of nitrogens with one attached hydrogen (secondary N) is 1. The number of rotatable bonds is 5. The molecule has 1 heterocycles. The SMILES string of the molecule is CC(=O)c1cc2c(cc1NC(=O)COc1cccc(Cl)c1Cl)OCO2. The number of carbonyl (C=O) groups is 2. The lowest BCUT2D eigenvalue weighted by Gasteiger charge is -2.12. The number of hydrogen-bond donors (Lipinski definition) is 1. The van der Waals surface area contributed by atoms with Crippen LogP contribution in [0, 0.1) is 0 Å². The van der Waals surface area contributed by atoms with E-state index < -0.39 is 5.91 Å². The van der Waals surface area contributed by atoms with Crippen LogP contribution in [0.2, 0.25) is 10.0 Å². The van der Waals surface area contributed by atoms with Crippen molar-refractivity contribution in [1.82, 2.24) is 0 Å². The van der Waals surface area contributed by atoms with E-state index in [1.165, 1.54) is 13.0 Å². The number of ketones is 1. The lowest BCUT2D eigenvalue weighted by Crippen LogP contribution is -2.21. The van der Waals surface area contributed by atoms with E-state index in [0.717, 1.165) is 0 Å². The van der Waals surface area contributed by atoms with E-state index in [9.17, 15) is 9.59 Å². The molecule has 0 saturated carbocycles. The maximum Gasteiger partial charge on any atom is 0.262 e. The lowest BCUT2D eigenvalue weighted by molar-refractivity contribution is -0.118. The molecule has 0 bridgehead atoms. The Morgan fingerprint density at radius 2 is 1.92 bits per heavy atom. The van der Waals surface area contributed by atoms with E-state index in [1.807, 2.05) is 0 Å². The largest absolute Gasteiger partial charge is 0.482 e. The molecule has 0 aliphatic carbocycles. The Morgan fingerprint density at radius 1 is 1.20 bits per heavy atom. The van der Waals surface area contributed by atoms with Gasteiger partial charge in [-0.15, -0.1) is 0 Å². The van der Waals surface area contributed by atoms with E-state index in [1.54, 1.807) is 24.3 Å². The highest BCUT2D eigenvalue weighted by molar-refractivity contribution is 6.42. The number of hydrogen-bond acceptors (Lipinski definition) is 5. The number of anilines is 1. The molecule has 1 aliphatic rings. The maximum atomic E-state index is 12.2. The molecule has 3 rings (SSSR count). The number of Topliss-reactive ketones (excluding diaryl/α,β-unsaturated/α-hetero) is 1. The van der Waals surface area contributed by atoms with Crippen molar-refractivity contribution in [2.75, 3.05) is 18.7 Å².